The third-order valence-electron chi connectivity index (χ3n) is 8.65. The highest BCUT2D eigenvalue weighted by atomic mass is 16.5. The van der Waals surface area contributed by atoms with Crippen molar-refractivity contribution in [2.75, 3.05) is 6.61 Å². The molecule has 0 radical (unpaired) electrons. The van der Waals surface area contributed by atoms with Crippen molar-refractivity contribution in [3.8, 4) is 11.1 Å². The van der Waals surface area contributed by atoms with Gasteiger partial charge in [-0.2, -0.15) is 0 Å². The molecule has 5 unspecified atom stereocenters. The first-order chi connectivity index (χ1) is 16.9. The van der Waals surface area contributed by atoms with Gasteiger partial charge in [-0.25, -0.2) is 4.79 Å². The van der Waals surface area contributed by atoms with Crippen LogP contribution in [0.15, 0.2) is 48.5 Å². The average molecular weight is 475 g/mol. The third kappa shape index (κ3) is 3.87. The first kappa shape index (κ1) is 22.1. The number of carboxylic acid groups (broad SMARTS) is 1. The van der Waals surface area contributed by atoms with Gasteiger partial charge in [-0.15, -0.1) is 0 Å². The van der Waals surface area contributed by atoms with Crippen molar-refractivity contribution in [3.05, 3.63) is 59.7 Å². The lowest BCUT2D eigenvalue weighted by Gasteiger charge is -2.21. The molecule has 4 aliphatic rings. The highest BCUT2D eigenvalue weighted by molar-refractivity contribution is 5.87. The zero-order valence-electron chi connectivity index (χ0n) is 19.5. The summed E-state index contributed by atoms with van der Waals surface area (Å²) < 4.78 is 5.68. The highest BCUT2D eigenvalue weighted by Gasteiger charge is 2.65. The maximum atomic E-state index is 13.0. The fraction of sp³-hybridized carbons (Fsp3) is 0.464. The summed E-state index contributed by atoms with van der Waals surface area (Å²) in [6, 6.07) is 16.3. The quantitative estimate of drug-likeness (QED) is 0.586. The van der Waals surface area contributed by atoms with E-state index >= 15 is 0 Å². The Hall–Kier alpha value is -3.35. The van der Waals surface area contributed by atoms with Gasteiger partial charge in [-0.3, -0.25) is 9.59 Å². The number of fused-ring (bicyclic) bond motifs is 4. The van der Waals surface area contributed by atoms with E-state index in [0.29, 0.717) is 25.7 Å². The molecule has 182 valence electrons. The largest absolute Gasteiger partial charge is 0.481 e. The van der Waals surface area contributed by atoms with Crippen molar-refractivity contribution >= 4 is 18.0 Å². The summed E-state index contributed by atoms with van der Waals surface area (Å²) >= 11 is 0. The zero-order valence-corrected chi connectivity index (χ0v) is 19.5. The van der Waals surface area contributed by atoms with Crippen LogP contribution in [0.4, 0.5) is 4.79 Å². The Labute approximate surface area is 204 Å². The van der Waals surface area contributed by atoms with Gasteiger partial charge in [0.25, 0.3) is 0 Å². The molecule has 0 saturated heterocycles. The number of alkyl carbamates (subject to hydrolysis) is 1. The van der Waals surface area contributed by atoms with Gasteiger partial charge in [0.05, 0.1) is 11.3 Å². The second-order valence-electron chi connectivity index (χ2n) is 10.7. The number of carbonyl (C=O) groups is 3. The number of carbonyl (C=O) groups excluding carboxylic acids is 2. The van der Waals surface area contributed by atoms with Gasteiger partial charge < -0.3 is 20.5 Å². The smallest absolute Gasteiger partial charge is 0.407 e. The molecular weight excluding hydrogens is 444 g/mol. The number of nitrogens with one attached hydrogen (secondary N) is 2. The molecule has 0 spiro atoms. The molecule has 5 atom stereocenters. The molecule has 0 aliphatic heterocycles. The number of hydrogen-bond donors (Lipinski definition) is 3. The average Bonchev–Trinajstić information content (AvgIpc) is 3.18. The number of aliphatic carboxylic acids is 1. The molecular formula is C28H30N2O5. The van der Waals surface area contributed by atoms with Crippen molar-refractivity contribution in [3.63, 3.8) is 0 Å². The minimum atomic E-state index is -0.780. The molecule has 0 bridgehead atoms. The van der Waals surface area contributed by atoms with Crippen molar-refractivity contribution in [1.82, 2.24) is 10.6 Å². The summed E-state index contributed by atoms with van der Waals surface area (Å²) in [4.78, 5) is 36.9. The van der Waals surface area contributed by atoms with Crippen LogP contribution in [0.2, 0.25) is 0 Å². The lowest BCUT2D eigenvalue weighted by molar-refractivity contribution is -0.141. The monoisotopic (exact) mass is 474 g/mol. The minimum Gasteiger partial charge on any atom is -0.481 e. The van der Waals surface area contributed by atoms with E-state index in [9.17, 15) is 19.5 Å². The lowest BCUT2D eigenvalue weighted by atomic mass is 9.98. The summed E-state index contributed by atoms with van der Waals surface area (Å²) in [6.07, 6.45) is 3.63. The van der Waals surface area contributed by atoms with E-state index in [1.165, 1.54) is 22.3 Å². The minimum absolute atomic E-state index is 0.0169. The molecule has 6 rings (SSSR count). The maximum Gasteiger partial charge on any atom is 0.407 e. The number of hydrogen-bond acceptors (Lipinski definition) is 4. The van der Waals surface area contributed by atoms with Crippen molar-refractivity contribution in [2.24, 2.45) is 17.3 Å². The maximum absolute atomic E-state index is 13.0. The van der Waals surface area contributed by atoms with Gasteiger partial charge in [0.15, 0.2) is 0 Å². The summed E-state index contributed by atoms with van der Waals surface area (Å²) in [6.45, 7) is 0.272. The van der Waals surface area contributed by atoms with Gasteiger partial charge in [0, 0.05) is 18.0 Å². The predicted octanol–water partition coefficient (Wildman–Crippen LogP) is 4.06. The van der Waals surface area contributed by atoms with Gasteiger partial charge in [-0.1, -0.05) is 48.5 Å². The standard InChI is InChI=1S/C28H30N2O5/c31-25(32)16-9-10-18(11-16)29-26(33)28-13-17(28)12-19(14-28)30-27(34)35-15-24-22-7-3-1-5-20(22)21-6-2-4-8-23(21)24/h1-8,16-19,24H,9-15H2,(H,29,33)(H,30,34)(H,31,32). The first-order valence-electron chi connectivity index (χ1n) is 12.6. The first-order valence-corrected chi connectivity index (χ1v) is 12.6. The van der Waals surface area contributed by atoms with E-state index in [1.807, 2.05) is 24.3 Å². The summed E-state index contributed by atoms with van der Waals surface area (Å²) in [7, 11) is 0. The number of ether oxygens (including phenoxy) is 1. The molecule has 7 nitrogen and oxygen atoms in total. The Kier molecular flexibility index (Phi) is 5.31. The molecule has 3 N–H and O–H groups in total. The van der Waals surface area contributed by atoms with Gasteiger partial charge in [-0.05, 0) is 66.7 Å². The van der Waals surface area contributed by atoms with Crippen LogP contribution in [-0.4, -0.2) is 41.8 Å². The van der Waals surface area contributed by atoms with Crippen LogP contribution in [0, 0.1) is 17.3 Å². The summed E-state index contributed by atoms with van der Waals surface area (Å²) in [5.74, 6) is -0.825. The molecule has 35 heavy (non-hydrogen) atoms. The van der Waals surface area contributed by atoms with Gasteiger partial charge in [0.2, 0.25) is 5.91 Å². The van der Waals surface area contributed by atoms with Crippen molar-refractivity contribution in [1.29, 1.82) is 0 Å². The molecule has 7 heteroatoms. The van der Waals surface area contributed by atoms with E-state index in [2.05, 4.69) is 34.9 Å². The van der Waals surface area contributed by atoms with Crippen LogP contribution in [-0.2, 0) is 14.3 Å². The predicted molar refractivity (Wildman–Crippen MR) is 129 cm³/mol. The lowest BCUT2D eigenvalue weighted by Crippen LogP contribution is -2.41. The van der Waals surface area contributed by atoms with Gasteiger partial charge >= 0.3 is 12.1 Å². The van der Waals surface area contributed by atoms with E-state index in [4.69, 9.17) is 4.74 Å². The molecule has 2 aromatic carbocycles. The normalized spacial score (nSPS) is 30.2. The number of amides is 2. The fourth-order valence-electron chi connectivity index (χ4n) is 6.76. The summed E-state index contributed by atoms with van der Waals surface area (Å²) in [5, 5.41) is 15.3. The van der Waals surface area contributed by atoms with E-state index < -0.39 is 17.5 Å². The van der Waals surface area contributed by atoms with Crippen LogP contribution in [0.5, 0.6) is 0 Å². The van der Waals surface area contributed by atoms with Crippen LogP contribution >= 0.6 is 0 Å². The Balaban J connectivity index is 1.02. The highest BCUT2D eigenvalue weighted by Crippen LogP contribution is 2.63. The van der Waals surface area contributed by atoms with Crippen LogP contribution in [0.3, 0.4) is 0 Å². The second-order valence-corrected chi connectivity index (χ2v) is 10.7. The molecule has 0 aromatic heterocycles. The van der Waals surface area contributed by atoms with Crippen molar-refractivity contribution < 1.29 is 24.2 Å². The van der Waals surface area contributed by atoms with Crippen LogP contribution < -0.4 is 10.6 Å². The van der Waals surface area contributed by atoms with Gasteiger partial charge in [0.1, 0.15) is 6.61 Å². The van der Waals surface area contributed by atoms with E-state index in [0.717, 1.165) is 12.8 Å². The Morgan fingerprint density at radius 1 is 0.886 bits per heavy atom. The molecule has 4 aliphatic carbocycles. The van der Waals surface area contributed by atoms with Crippen LogP contribution in [0.1, 0.15) is 55.6 Å². The Bertz CT molecular complexity index is 1150. The third-order valence-corrected chi connectivity index (χ3v) is 8.65. The molecule has 3 fully saturated rings. The Morgan fingerprint density at radius 2 is 1.57 bits per heavy atom. The number of benzene rings is 2. The van der Waals surface area contributed by atoms with E-state index in [1.54, 1.807) is 0 Å². The number of rotatable bonds is 6. The molecule has 2 aromatic rings. The second kappa shape index (κ2) is 8.40. The fourth-order valence-corrected chi connectivity index (χ4v) is 6.76. The topological polar surface area (TPSA) is 105 Å². The molecule has 3 saturated carbocycles. The summed E-state index contributed by atoms with van der Waals surface area (Å²) in [5.41, 5.74) is 4.33. The molecule has 0 heterocycles. The Morgan fingerprint density at radius 3 is 2.23 bits per heavy atom. The van der Waals surface area contributed by atoms with Crippen molar-refractivity contribution in [2.45, 2.75) is 56.5 Å². The SMILES string of the molecule is O=C(NC1CC2CC2(C(=O)NC2CCC(C(=O)O)C2)C1)OCC1c2ccccc2-c2ccccc21. The number of carboxylic acids is 1. The molecule has 2 amide bonds. The van der Waals surface area contributed by atoms with Crippen LogP contribution in [0.25, 0.3) is 11.1 Å². The van der Waals surface area contributed by atoms with E-state index in [-0.39, 0.29) is 42.4 Å². The zero-order chi connectivity index (χ0) is 24.2.